The van der Waals surface area contributed by atoms with Crippen molar-refractivity contribution in [2.24, 2.45) is 0 Å². The summed E-state index contributed by atoms with van der Waals surface area (Å²) in [5, 5.41) is 14.4. The van der Waals surface area contributed by atoms with Crippen molar-refractivity contribution in [1.82, 2.24) is 25.2 Å². The first-order chi connectivity index (χ1) is 9.36. The van der Waals surface area contributed by atoms with Gasteiger partial charge in [0.15, 0.2) is 4.34 Å². The molecule has 0 saturated heterocycles. The summed E-state index contributed by atoms with van der Waals surface area (Å²) in [6, 6.07) is 10.1. The Balaban J connectivity index is 1.82. The first-order valence-electron chi connectivity index (χ1n) is 5.82. The topological polar surface area (TPSA) is 56.5 Å². The maximum absolute atomic E-state index is 4.60. The lowest BCUT2D eigenvalue weighted by atomic mass is 10.2. The first-order valence-corrected chi connectivity index (χ1v) is 7.51. The molecule has 0 fully saturated rings. The van der Waals surface area contributed by atoms with Gasteiger partial charge in [0.2, 0.25) is 5.16 Å². The number of rotatable bonds is 4. The number of aromatic nitrogens is 5. The van der Waals surface area contributed by atoms with Crippen LogP contribution < -0.4 is 0 Å². The second kappa shape index (κ2) is 5.50. The number of hydrogen-bond acceptors (Lipinski definition) is 6. The van der Waals surface area contributed by atoms with Crippen LogP contribution in [0.3, 0.4) is 0 Å². The normalized spacial score (nSPS) is 10.8. The molecule has 2 aromatic heterocycles. The van der Waals surface area contributed by atoms with E-state index < -0.39 is 0 Å². The largest absolute Gasteiger partial charge is 0.229 e. The van der Waals surface area contributed by atoms with Gasteiger partial charge >= 0.3 is 0 Å². The summed E-state index contributed by atoms with van der Waals surface area (Å²) in [6.07, 6.45) is 0. The zero-order valence-corrected chi connectivity index (χ0v) is 11.9. The highest BCUT2D eigenvalue weighted by Gasteiger charge is 2.10. The monoisotopic (exact) mass is 289 g/mol. The van der Waals surface area contributed by atoms with Gasteiger partial charge in [-0.1, -0.05) is 30.3 Å². The zero-order chi connectivity index (χ0) is 13.1. The number of nitrogens with zero attached hydrogens (tertiary/aromatic N) is 5. The molecule has 0 amide bonds. The Labute approximate surface area is 118 Å². The Morgan fingerprint density at radius 3 is 2.89 bits per heavy atom. The fourth-order valence-corrected chi connectivity index (χ4v) is 3.35. The van der Waals surface area contributed by atoms with Crippen molar-refractivity contribution in [1.29, 1.82) is 0 Å². The molecule has 96 valence electrons. The number of aryl methyl sites for hydroxylation is 1. The Morgan fingerprint density at radius 2 is 2.11 bits per heavy atom. The van der Waals surface area contributed by atoms with Crippen molar-refractivity contribution in [2.75, 3.05) is 0 Å². The van der Waals surface area contributed by atoms with E-state index >= 15 is 0 Å². The molecule has 0 N–H and O–H groups in total. The average Bonchev–Trinajstić information content (AvgIpc) is 3.09. The molecular weight excluding hydrogens is 278 g/mol. The summed E-state index contributed by atoms with van der Waals surface area (Å²) < 4.78 is 2.71. The minimum atomic E-state index is 0.756. The highest BCUT2D eigenvalue weighted by molar-refractivity contribution is 8.00. The van der Waals surface area contributed by atoms with E-state index in [1.54, 1.807) is 16.0 Å². The molecule has 0 atom stereocenters. The Morgan fingerprint density at radius 1 is 1.26 bits per heavy atom. The minimum Gasteiger partial charge on any atom is -0.229 e. The summed E-state index contributed by atoms with van der Waals surface area (Å²) in [5.41, 5.74) is 2.12. The van der Waals surface area contributed by atoms with E-state index in [1.807, 2.05) is 25.1 Å². The van der Waals surface area contributed by atoms with Crippen LogP contribution in [0.2, 0.25) is 0 Å². The summed E-state index contributed by atoms with van der Waals surface area (Å²) in [4.78, 5) is 4.60. The van der Waals surface area contributed by atoms with Gasteiger partial charge in [-0.3, -0.25) is 0 Å². The molecule has 3 aromatic rings. The standard InChI is InChI=1S/C12H11N5S2/c1-2-17-11(14-15-16-17)19-12-13-10(8-18-12)9-6-4-3-5-7-9/h3-8H,2H2,1H3. The van der Waals surface area contributed by atoms with Crippen molar-refractivity contribution in [3.63, 3.8) is 0 Å². The van der Waals surface area contributed by atoms with E-state index in [-0.39, 0.29) is 0 Å². The van der Waals surface area contributed by atoms with Gasteiger partial charge in [0.1, 0.15) is 0 Å². The molecule has 7 heteroatoms. The molecule has 3 rings (SSSR count). The predicted octanol–water partition coefficient (Wildman–Crippen LogP) is 2.97. The molecule has 0 bridgehead atoms. The van der Waals surface area contributed by atoms with Crippen LogP contribution in [-0.4, -0.2) is 25.2 Å². The van der Waals surface area contributed by atoms with Crippen LogP contribution in [0.5, 0.6) is 0 Å². The second-order valence-corrected chi connectivity index (χ2v) is 5.82. The van der Waals surface area contributed by atoms with Gasteiger partial charge in [-0.15, -0.1) is 16.4 Å². The quantitative estimate of drug-likeness (QED) is 0.739. The minimum absolute atomic E-state index is 0.756. The van der Waals surface area contributed by atoms with E-state index in [4.69, 9.17) is 0 Å². The molecular formula is C12H11N5S2. The van der Waals surface area contributed by atoms with Gasteiger partial charge in [0.05, 0.1) is 5.69 Å². The Bertz CT molecular complexity index is 662. The third-order valence-electron chi connectivity index (χ3n) is 2.53. The number of thiazole rings is 1. The van der Waals surface area contributed by atoms with Gasteiger partial charge in [0, 0.05) is 17.5 Å². The number of hydrogen-bond donors (Lipinski definition) is 0. The summed E-state index contributed by atoms with van der Waals surface area (Å²) in [6.45, 7) is 2.77. The van der Waals surface area contributed by atoms with Crippen molar-refractivity contribution < 1.29 is 0 Å². The third-order valence-corrected chi connectivity index (χ3v) is 4.44. The highest BCUT2D eigenvalue weighted by Crippen LogP contribution is 2.31. The van der Waals surface area contributed by atoms with Crippen molar-refractivity contribution in [2.45, 2.75) is 23.0 Å². The molecule has 1 aromatic carbocycles. The van der Waals surface area contributed by atoms with Crippen molar-refractivity contribution in [3.8, 4) is 11.3 Å². The fourth-order valence-electron chi connectivity index (χ4n) is 1.59. The molecule has 0 saturated carbocycles. The SMILES string of the molecule is CCn1nnnc1Sc1nc(-c2ccccc2)cs1. The molecule has 19 heavy (non-hydrogen) atoms. The van der Waals surface area contributed by atoms with Crippen LogP contribution in [0.15, 0.2) is 45.2 Å². The van der Waals surface area contributed by atoms with Crippen LogP contribution in [-0.2, 0) is 6.54 Å². The molecule has 0 unspecified atom stereocenters. The number of tetrazole rings is 1. The maximum atomic E-state index is 4.60. The van der Waals surface area contributed by atoms with Crippen LogP contribution in [0.25, 0.3) is 11.3 Å². The van der Waals surface area contributed by atoms with E-state index in [9.17, 15) is 0 Å². The third kappa shape index (κ3) is 2.66. The molecule has 0 aliphatic heterocycles. The molecule has 0 spiro atoms. The summed E-state index contributed by atoms with van der Waals surface area (Å²) in [5.74, 6) is 0. The summed E-state index contributed by atoms with van der Waals surface area (Å²) >= 11 is 3.10. The molecule has 0 aliphatic rings. The average molecular weight is 289 g/mol. The lowest BCUT2D eigenvalue weighted by molar-refractivity contribution is 0.581. The molecule has 0 aliphatic carbocycles. The van der Waals surface area contributed by atoms with Crippen LogP contribution in [0.4, 0.5) is 0 Å². The second-order valence-electron chi connectivity index (χ2n) is 3.74. The zero-order valence-electron chi connectivity index (χ0n) is 10.2. The van der Waals surface area contributed by atoms with Gasteiger partial charge in [-0.2, -0.15) is 0 Å². The van der Waals surface area contributed by atoms with Crippen LogP contribution >= 0.6 is 23.1 Å². The fraction of sp³-hybridized carbons (Fsp3) is 0.167. The van der Waals surface area contributed by atoms with Crippen LogP contribution in [0, 0.1) is 0 Å². The molecule has 2 heterocycles. The van der Waals surface area contributed by atoms with E-state index in [0.717, 1.165) is 27.3 Å². The summed E-state index contributed by atoms with van der Waals surface area (Å²) in [7, 11) is 0. The van der Waals surface area contributed by atoms with Gasteiger partial charge in [-0.25, -0.2) is 9.67 Å². The lowest BCUT2D eigenvalue weighted by Crippen LogP contribution is -1.98. The van der Waals surface area contributed by atoms with E-state index in [1.165, 1.54) is 11.8 Å². The van der Waals surface area contributed by atoms with Gasteiger partial charge < -0.3 is 0 Å². The van der Waals surface area contributed by atoms with Crippen LogP contribution in [0.1, 0.15) is 6.92 Å². The van der Waals surface area contributed by atoms with Crippen molar-refractivity contribution in [3.05, 3.63) is 35.7 Å². The van der Waals surface area contributed by atoms with Crippen molar-refractivity contribution >= 4 is 23.1 Å². The first kappa shape index (κ1) is 12.3. The smallest absolute Gasteiger partial charge is 0.216 e. The highest BCUT2D eigenvalue weighted by atomic mass is 32.2. The Hall–Kier alpha value is -1.73. The lowest BCUT2D eigenvalue weighted by Gasteiger charge is -1.97. The molecule has 0 radical (unpaired) electrons. The Kier molecular flexibility index (Phi) is 3.56. The van der Waals surface area contributed by atoms with E-state index in [0.29, 0.717) is 0 Å². The predicted molar refractivity (Wildman–Crippen MR) is 75.2 cm³/mol. The van der Waals surface area contributed by atoms with E-state index in [2.05, 4.69) is 38.0 Å². The van der Waals surface area contributed by atoms with Gasteiger partial charge in [0.25, 0.3) is 0 Å². The maximum Gasteiger partial charge on any atom is 0.216 e. The number of benzene rings is 1. The van der Waals surface area contributed by atoms with Gasteiger partial charge in [-0.05, 0) is 29.1 Å². The molecule has 5 nitrogen and oxygen atoms in total.